The highest BCUT2D eigenvalue weighted by atomic mass is 19.4. The second kappa shape index (κ2) is 11.0. The van der Waals surface area contributed by atoms with Gasteiger partial charge in [-0.2, -0.15) is 17.6 Å². The summed E-state index contributed by atoms with van der Waals surface area (Å²) in [6.45, 7) is 1.37. The van der Waals surface area contributed by atoms with Crippen LogP contribution in [0, 0.1) is 11.8 Å². The number of carbonyl (C=O) groups excluding carboxylic acids is 2. The lowest BCUT2D eigenvalue weighted by atomic mass is 10.1. The number of hydrogen-bond donors (Lipinski definition) is 0. The van der Waals surface area contributed by atoms with Gasteiger partial charge in [0.2, 0.25) is 11.8 Å². The van der Waals surface area contributed by atoms with Crippen molar-refractivity contribution in [3.05, 3.63) is 83.0 Å². The number of alkyl halides is 3. The first-order chi connectivity index (χ1) is 18.4. The zero-order valence-electron chi connectivity index (χ0n) is 20.3. The van der Waals surface area contributed by atoms with Gasteiger partial charge < -0.3 is 4.74 Å². The lowest BCUT2D eigenvalue weighted by Crippen LogP contribution is -2.15. The molecule has 202 valence electrons. The summed E-state index contributed by atoms with van der Waals surface area (Å²) < 4.78 is 71.7. The maximum Gasteiger partial charge on any atom is 0.451 e. The van der Waals surface area contributed by atoms with E-state index >= 15 is 0 Å². The summed E-state index contributed by atoms with van der Waals surface area (Å²) in [5.74, 6) is -4.27. The van der Waals surface area contributed by atoms with Crippen molar-refractivity contribution in [3.63, 3.8) is 0 Å². The summed E-state index contributed by atoms with van der Waals surface area (Å²) in [6.07, 6.45) is -2.57. The summed E-state index contributed by atoms with van der Waals surface area (Å²) in [6, 6.07) is 3.79. The smallest absolute Gasteiger partial charge is 0.451 e. The van der Waals surface area contributed by atoms with E-state index in [9.17, 15) is 31.5 Å². The van der Waals surface area contributed by atoms with E-state index in [4.69, 9.17) is 4.74 Å². The molecule has 4 rings (SSSR count). The van der Waals surface area contributed by atoms with Crippen LogP contribution in [-0.4, -0.2) is 46.7 Å². The molecule has 10 nitrogen and oxygen atoms in total. The minimum Gasteiger partial charge on any atom is -0.457 e. The van der Waals surface area contributed by atoms with Crippen molar-refractivity contribution in [3.8, 4) is 11.4 Å². The standard InChI is InChI=1S/C24H18F5N7O3/c1-12(16-6-15(25)11-31-22(16)26)39-20(38)7-18-21(34-35-36(18)2)17-4-3-14(10-30-17)19(37)5-13-8-32-23(33-9-13)24(27,28)29/h3-4,6,8-12H,5,7H2,1-2H3/t12-/m1/s1. The van der Waals surface area contributed by atoms with E-state index in [2.05, 4.69) is 30.2 Å². The summed E-state index contributed by atoms with van der Waals surface area (Å²) >= 11 is 0. The third-order valence-electron chi connectivity index (χ3n) is 5.49. The minimum atomic E-state index is -4.69. The van der Waals surface area contributed by atoms with Crippen LogP contribution in [0.5, 0.6) is 0 Å². The van der Waals surface area contributed by atoms with Crippen molar-refractivity contribution >= 4 is 11.8 Å². The van der Waals surface area contributed by atoms with Gasteiger partial charge in [0.1, 0.15) is 17.6 Å². The Morgan fingerprint density at radius 1 is 1.00 bits per heavy atom. The van der Waals surface area contributed by atoms with Gasteiger partial charge in [0, 0.05) is 37.6 Å². The number of rotatable bonds is 8. The number of carbonyl (C=O) groups is 2. The van der Waals surface area contributed by atoms with Crippen molar-refractivity contribution in [1.29, 1.82) is 0 Å². The molecule has 15 heteroatoms. The SMILES string of the molecule is C[C@@H](OC(=O)Cc1c(-c2ccc(C(=O)Cc3cnc(C(F)(F)F)nc3)cn2)nnn1C)c1cc(F)cnc1F. The first-order valence-corrected chi connectivity index (χ1v) is 11.2. The molecule has 0 amide bonds. The predicted octanol–water partition coefficient (Wildman–Crippen LogP) is 3.63. The van der Waals surface area contributed by atoms with Crippen LogP contribution < -0.4 is 0 Å². The summed E-state index contributed by atoms with van der Waals surface area (Å²) in [5, 5.41) is 7.89. The summed E-state index contributed by atoms with van der Waals surface area (Å²) in [5.41, 5.74) is 0.928. The van der Waals surface area contributed by atoms with E-state index in [1.54, 1.807) is 0 Å². The van der Waals surface area contributed by atoms with Gasteiger partial charge in [0.25, 0.3) is 0 Å². The molecule has 0 saturated carbocycles. The molecule has 39 heavy (non-hydrogen) atoms. The van der Waals surface area contributed by atoms with Gasteiger partial charge in [-0.3, -0.25) is 19.3 Å². The van der Waals surface area contributed by atoms with E-state index < -0.39 is 41.6 Å². The van der Waals surface area contributed by atoms with Crippen LogP contribution in [0.25, 0.3) is 11.4 Å². The average Bonchev–Trinajstić information content (AvgIpc) is 3.24. The third kappa shape index (κ3) is 6.42. The fraction of sp³-hybridized carbons (Fsp3) is 0.250. The van der Waals surface area contributed by atoms with E-state index in [0.717, 1.165) is 18.5 Å². The first-order valence-electron chi connectivity index (χ1n) is 11.2. The van der Waals surface area contributed by atoms with Crippen molar-refractivity contribution in [2.45, 2.75) is 32.0 Å². The topological polar surface area (TPSA) is 126 Å². The Hall–Kier alpha value is -4.69. The summed E-state index contributed by atoms with van der Waals surface area (Å²) in [7, 11) is 1.53. The van der Waals surface area contributed by atoms with Crippen molar-refractivity contribution < 1.29 is 36.3 Å². The molecular weight excluding hydrogens is 529 g/mol. The van der Waals surface area contributed by atoms with Gasteiger partial charge >= 0.3 is 12.1 Å². The molecule has 4 heterocycles. The van der Waals surface area contributed by atoms with Crippen molar-refractivity contribution in [1.82, 2.24) is 34.9 Å². The number of hydrogen-bond acceptors (Lipinski definition) is 9. The fourth-order valence-electron chi connectivity index (χ4n) is 3.52. The van der Waals surface area contributed by atoms with Gasteiger partial charge in [0.15, 0.2) is 5.78 Å². The number of Topliss-reactive ketones (excluding diaryl/α,β-unsaturated/α-hetero) is 1. The fourth-order valence-corrected chi connectivity index (χ4v) is 3.52. The molecule has 0 spiro atoms. The van der Waals surface area contributed by atoms with E-state index in [-0.39, 0.29) is 40.9 Å². The quantitative estimate of drug-likeness (QED) is 0.141. The highest BCUT2D eigenvalue weighted by Gasteiger charge is 2.34. The van der Waals surface area contributed by atoms with E-state index in [0.29, 0.717) is 11.9 Å². The Labute approximate surface area is 216 Å². The van der Waals surface area contributed by atoms with E-state index in [1.807, 2.05) is 0 Å². The predicted molar refractivity (Wildman–Crippen MR) is 122 cm³/mol. The lowest BCUT2D eigenvalue weighted by molar-refractivity contribution is -0.148. The molecule has 0 saturated heterocycles. The number of aryl methyl sites for hydroxylation is 1. The van der Waals surface area contributed by atoms with Crippen molar-refractivity contribution in [2.24, 2.45) is 7.05 Å². The van der Waals surface area contributed by atoms with Gasteiger partial charge in [-0.1, -0.05) is 5.21 Å². The number of ketones is 1. The molecule has 1 atom stereocenters. The molecule has 0 aliphatic rings. The number of aromatic nitrogens is 7. The Kier molecular flexibility index (Phi) is 7.69. The number of pyridine rings is 2. The van der Waals surface area contributed by atoms with Crippen LogP contribution in [-0.2, 0) is 35.6 Å². The Bertz CT molecular complexity index is 1510. The molecule has 0 aliphatic heterocycles. The zero-order valence-corrected chi connectivity index (χ0v) is 20.3. The monoisotopic (exact) mass is 547 g/mol. The number of esters is 1. The Morgan fingerprint density at radius 2 is 1.72 bits per heavy atom. The van der Waals surface area contributed by atoms with Gasteiger partial charge in [0.05, 0.1) is 29.6 Å². The summed E-state index contributed by atoms with van der Waals surface area (Å²) in [4.78, 5) is 39.0. The van der Waals surface area contributed by atoms with Crippen LogP contribution in [0.4, 0.5) is 22.0 Å². The normalized spacial score (nSPS) is 12.3. The molecule has 0 fully saturated rings. The lowest BCUT2D eigenvalue weighted by Gasteiger charge is -2.14. The minimum absolute atomic E-state index is 0.169. The molecule has 0 radical (unpaired) electrons. The third-order valence-corrected chi connectivity index (χ3v) is 5.49. The molecule has 0 bridgehead atoms. The molecule has 0 unspecified atom stereocenters. The van der Waals surface area contributed by atoms with Crippen molar-refractivity contribution in [2.75, 3.05) is 0 Å². The number of ether oxygens (including phenoxy) is 1. The Morgan fingerprint density at radius 3 is 2.36 bits per heavy atom. The van der Waals surface area contributed by atoms with Crippen LogP contribution in [0.15, 0.2) is 43.0 Å². The molecule has 0 aromatic carbocycles. The second-order valence-corrected chi connectivity index (χ2v) is 8.30. The molecule has 4 aromatic rings. The molecule has 4 aromatic heterocycles. The average molecular weight is 547 g/mol. The molecule has 0 aliphatic carbocycles. The van der Waals surface area contributed by atoms with Gasteiger partial charge in [-0.25, -0.2) is 19.3 Å². The molecular formula is C24H18F5N7O3. The highest BCUT2D eigenvalue weighted by Crippen LogP contribution is 2.26. The first kappa shape index (κ1) is 27.3. The Balaban J connectivity index is 1.44. The van der Waals surface area contributed by atoms with Crippen LogP contribution in [0.2, 0.25) is 0 Å². The maximum atomic E-state index is 13.9. The highest BCUT2D eigenvalue weighted by molar-refractivity contribution is 5.97. The van der Waals surface area contributed by atoms with Crippen LogP contribution >= 0.6 is 0 Å². The zero-order chi connectivity index (χ0) is 28.3. The van der Waals surface area contributed by atoms with E-state index in [1.165, 1.54) is 37.0 Å². The van der Waals surface area contributed by atoms with Gasteiger partial charge in [-0.15, -0.1) is 5.10 Å². The second-order valence-electron chi connectivity index (χ2n) is 8.30. The number of halogens is 5. The maximum absolute atomic E-state index is 13.9. The number of nitrogens with zero attached hydrogens (tertiary/aromatic N) is 7. The van der Waals surface area contributed by atoms with Crippen LogP contribution in [0.3, 0.4) is 0 Å². The van der Waals surface area contributed by atoms with Crippen LogP contribution in [0.1, 0.15) is 46.0 Å². The van der Waals surface area contributed by atoms with Gasteiger partial charge in [-0.05, 0) is 30.7 Å². The largest absolute Gasteiger partial charge is 0.457 e. The molecule has 0 N–H and O–H groups in total.